The lowest BCUT2D eigenvalue weighted by molar-refractivity contribution is -0.185. The highest BCUT2D eigenvalue weighted by atomic mass is 16.7. The number of epoxide rings is 1. The summed E-state index contributed by atoms with van der Waals surface area (Å²) < 4.78 is 22.7. The summed E-state index contributed by atoms with van der Waals surface area (Å²) in [4.78, 5) is 39.8. The maximum Gasteiger partial charge on any atom is 0.335 e. The highest BCUT2D eigenvalue weighted by Crippen LogP contribution is 2.88. The van der Waals surface area contributed by atoms with Gasteiger partial charge in [0.15, 0.2) is 11.9 Å². The van der Waals surface area contributed by atoms with Crippen LogP contribution in [0.2, 0.25) is 0 Å². The van der Waals surface area contributed by atoms with E-state index in [1.807, 2.05) is 6.92 Å². The van der Waals surface area contributed by atoms with Crippen LogP contribution in [0.25, 0.3) is 0 Å². The predicted molar refractivity (Wildman–Crippen MR) is 121 cm³/mol. The van der Waals surface area contributed by atoms with E-state index >= 15 is 0 Å². The molecule has 37 heavy (non-hydrogen) atoms. The molecule has 12 atom stereocenters. The minimum atomic E-state index is -1.66. The Kier molecular flexibility index (Phi) is 4.17. The van der Waals surface area contributed by atoms with E-state index in [0.29, 0.717) is 18.4 Å². The fourth-order valence-electron chi connectivity index (χ4n) is 10.6. The Hall–Kier alpha value is -2.27. The normalized spacial score (nSPS) is 55.6. The first kappa shape index (κ1) is 23.8. The highest BCUT2D eigenvalue weighted by Gasteiger charge is 2.99. The SMILES string of the molecule is COC(=O)[C@@H](O)[C@H]1[C@@]2(C)C[C@]3(O)[C@H](C(=O)[C@H]2O)[C@]24O[C@]25CC(=O)O[C@@H](c2ccoc2)[C@]5(C)CC[C@H]4[C@]13C. The number of ether oxygens (including phenoxy) is 3. The van der Waals surface area contributed by atoms with Crippen LogP contribution in [-0.2, 0) is 28.6 Å². The maximum atomic E-state index is 14.0. The molecule has 10 heteroatoms. The molecular formula is C27H32O10. The summed E-state index contributed by atoms with van der Waals surface area (Å²) in [6, 6.07) is 1.74. The maximum absolute atomic E-state index is 14.0. The summed E-state index contributed by atoms with van der Waals surface area (Å²) in [5.41, 5.74) is -6.52. The number of hydrogen-bond acceptors (Lipinski definition) is 10. The largest absolute Gasteiger partial charge is 0.472 e. The van der Waals surface area contributed by atoms with E-state index in [1.54, 1.807) is 19.9 Å². The second kappa shape index (κ2) is 6.47. The molecule has 0 unspecified atom stereocenters. The number of aliphatic hydroxyl groups is 3. The number of hydrogen-bond donors (Lipinski definition) is 3. The van der Waals surface area contributed by atoms with E-state index in [0.717, 1.165) is 0 Å². The van der Waals surface area contributed by atoms with Gasteiger partial charge in [0.1, 0.15) is 23.4 Å². The van der Waals surface area contributed by atoms with Crippen molar-refractivity contribution in [3.05, 3.63) is 24.2 Å². The van der Waals surface area contributed by atoms with Crippen LogP contribution < -0.4 is 0 Å². The Morgan fingerprint density at radius 2 is 1.97 bits per heavy atom. The number of fused-ring (bicyclic) bond motifs is 2. The molecular weight excluding hydrogens is 484 g/mol. The molecule has 1 aromatic heterocycles. The lowest BCUT2D eigenvalue weighted by atomic mass is 9.48. The smallest absolute Gasteiger partial charge is 0.335 e. The zero-order chi connectivity index (χ0) is 26.6. The van der Waals surface area contributed by atoms with Crippen LogP contribution in [0.3, 0.4) is 0 Å². The topological polar surface area (TPSA) is 156 Å². The summed E-state index contributed by atoms with van der Waals surface area (Å²) in [5.74, 6) is -4.48. The molecule has 3 heterocycles. The minimum absolute atomic E-state index is 0.0107. The molecule has 2 bridgehead atoms. The molecule has 0 aromatic carbocycles. The van der Waals surface area contributed by atoms with Gasteiger partial charge in [-0.05, 0) is 25.3 Å². The van der Waals surface area contributed by atoms with E-state index in [9.17, 15) is 29.7 Å². The van der Waals surface area contributed by atoms with Crippen LogP contribution >= 0.6 is 0 Å². The Labute approximate surface area is 213 Å². The van der Waals surface area contributed by atoms with Crippen molar-refractivity contribution in [3.8, 4) is 0 Å². The lowest BCUT2D eigenvalue weighted by Gasteiger charge is -2.54. The van der Waals surface area contributed by atoms with E-state index in [2.05, 4.69) is 0 Å². The van der Waals surface area contributed by atoms with Crippen LogP contribution in [0.15, 0.2) is 23.0 Å². The first-order chi connectivity index (χ1) is 17.3. The molecule has 6 fully saturated rings. The molecule has 4 saturated carbocycles. The summed E-state index contributed by atoms with van der Waals surface area (Å²) in [6.45, 7) is 5.44. The van der Waals surface area contributed by atoms with Gasteiger partial charge in [0.2, 0.25) is 0 Å². The van der Waals surface area contributed by atoms with Gasteiger partial charge in [-0.2, -0.15) is 0 Å². The zero-order valence-electron chi connectivity index (χ0n) is 21.2. The summed E-state index contributed by atoms with van der Waals surface area (Å²) in [5, 5.41) is 35.2. The molecule has 1 aromatic rings. The highest BCUT2D eigenvalue weighted by molar-refractivity contribution is 5.93. The predicted octanol–water partition coefficient (Wildman–Crippen LogP) is 1.06. The standard InChI is InChI=1S/C27H32O10/c1-22-11-25(33)18(15(29)19(22)31)27-13(24(25,3)17(22)16(30)21(32)34-4)5-7-23(2)20(12-6-8-35-10-12)36-14(28)9-26(23,27)37-27/h6,8,10,13,16-20,30-31,33H,5,7,9,11H2,1-4H3/t13-,16-,17-,18-,19+,20-,22+,23-,24+,25-,26-,27-/m0/s1. The van der Waals surface area contributed by atoms with Gasteiger partial charge in [0.05, 0.1) is 37.6 Å². The van der Waals surface area contributed by atoms with Gasteiger partial charge in [-0.25, -0.2) is 4.79 Å². The fourth-order valence-corrected chi connectivity index (χ4v) is 10.6. The van der Waals surface area contributed by atoms with Crippen molar-refractivity contribution in [2.45, 2.75) is 81.6 Å². The van der Waals surface area contributed by atoms with Crippen LogP contribution in [0, 0.1) is 34.0 Å². The average molecular weight is 517 g/mol. The Morgan fingerprint density at radius 1 is 1.24 bits per heavy atom. The van der Waals surface area contributed by atoms with Crippen molar-refractivity contribution < 1.29 is 48.3 Å². The lowest BCUT2D eigenvalue weighted by Crippen LogP contribution is -2.64. The number of rotatable bonds is 3. The van der Waals surface area contributed by atoms with Crippen molar-refractivity contribution in [3.63, 3.8) is 0 Å². The molecule has 3 N–H and O–H groups in total. The summed E-state index contributed by atoms with van der Waals surface area (Å²) in [6.07, 6.45) is 0.133. The molecule has 0 radical (unpaired) electrons. The Bertz CT molecular complexity index is 1240. The number of methoxy groups -OCH3 is 1. The van der Waals surface area contributed by atoms with Crippen LogP contribution in [0.5, 0.6) is 0 Å². The molecule has 7 rings (SSSR count). The molecule has 4 aliphatic carbocycles. The Balaban J connectivity index is 1.45. The summed E-state index contributed by atoms with van der Waals surface area (Å²) >= 11 is 0. The number of carbonyl (C=O) groups is 3. The number of ketones is 1. The quantitative estimate of drug-likeness (QED) is 0.392. The monoisotopic (exact) mass is 516 g/mol. The van der Waals surface area contributed by atoms with Gasteiger partial charge >= 0.3 is 11.9 Å². The number of esters is 2. The van der Waals surface area contributed by atoms with Crippen molar-refractivity contribution in [2.75, 3.05) is 7.11 Å². The van der Waals surface area contributed by atoms with Crippen LogP contribution in [-0.4, -0.2) is 69.2 Å². The third-order valence-corrected chi connectivity index (χ3v) is 11.9. The molecule has 2 aliphatic heterocycles. The van der Waals surface area contributed by atoms with E-state index in [-0.39, 0.29) is 12.8 Å². The molecule has 0 amide bonds. The van der Waals surface area contributed by atoms with Crippen LogP contribution in [0.4, 0.5) is 0 Å². The number of Topliss-reactive ketones (excluding diaryl/α,β-unsaturated/α-hetero) is 1. The molecule has 2 spiro atoms. The van der Waals surface area contributed by atoms with E-state index in [4.69, 9.17) is 18.6 Å². The van der Waals surface area contributed by atoms with Gasteiger partial charge in [0.25, 0.3) is 0 Å². The second-order valence-electron chi connectivity index (χ2n) is 12.9. The molecule has 6 aliphatic rings. The fraction of sp³-hybridized carbons (Fsp3) is 0.741. The third-order valence-electron chi connectivity index (χ3n) is 11.9. The first-order valence-electron chi connectivity index (χ1n) is 12.9. The van der Waals surface area contributed by atoms with Crippen molar-refractivity contribution in [2.24, 2.45) is 34.0 Å². The number of furan rings is 1. The number of aliphatic hydroxyl groups excluding tert-OH is 2. The molecule has 2 saturated heterocycles. The zero-order valence-corrected chi connectivity index (χ0v) is 21.2. The van der Waals surface area contributed by atoms with Crippen molar-refractivity contribution >= 4 is 17.7 Å². The van der Waals surface area contributed by atoms with Gasteiger partial charge in [-0.1, -0.05) is 20.8 Å². The number of cyclic esters (lactones) is 1. The van der Waals surface area contributed by atoms with E-state index in [1.165, 1.54) is 19.6 Å². The van der Waals surface area contributed by atoms with Gasteiger partial charge in [-0.3, -0.25) is 9.59 Å². The van der Waals surface area contributed by atoms with Crippen molar-refractivity contribution in [1.29, 1.82) is 0 Å². The van der Waals surface area contributed by atoms with Gasteiger partial charge < -0.3 is 33.9 Å². The number of carbonyl (C=O) groups excluding carboxylic acids is 3. The van der Waals surface area contributed by atoms with Crippen LogP contribution in [0.1, 0.15) is 58.1 Å². The molecule has 10 nitrogen and oxygen atoms in total. The average Bonchev–Trinajstić information content (AvgIpc) is 3.11. The van der Waals surface area contributed by atoms with Gasteiger partial charge in [0, 0.05) is 33.6 Å². The van der Waals surface area contributed by atoms with E-state index < -0.39 is 86.8 Å². The Morgan fingerprint density at radius 3 is 2.62 bits per heavy atom. The minimum Gasteiger partial charge on any atom is -0.472 e. The third kappa shape index (κ3) is 2.11. The summed E-state index contributed by atoms with van der Waals surface area (Å²) in [7, 11) is 1.17. The van der Waals surface area contributed by atoms with Crippen molar-refractivity contribution in [1.82, 2.24) is 0 Å². The molecule has 200 valence electrons. The second-order valence-corrected chi connectivity index (χ2v) is 12.9. The van der Waals surface area contributed by atoms with Gasteiger partial charge in [-0.15, -0.1) is 0 Å². The first-order valence-corrected chi connectivity index (χ1v) is 12.9.